The summed E-state index contributed by atoms with van der Waals surface area (Å²) in [5.41, 5.74) is 12.0. The van der Waals surface area contributed by atoms with E-state index in [1.807, 2.05) is 0 Å². The fourth-order valence-electron chi connectivity index (χ4n) is 10.9. The number of rotatable bonds is 4. The predicted molar refractivity (Wildman–Crippen MR) is 275 cm³/mol. The van der Waals surface area contributed by atoms with Gasteiger partial charge in [-0.2, -0.15) is 0 Å². The number of furan rings is 1. The van der Waals surface area contributed by atoms with E-state index in [1.165, 1.54) is 118 Å². The minimum absolute atomic E-state index is 0.135. The van der Waals surface area contributed by atoms with E-state index in [-0.39, 0.29) is 14.5 Å². The molecule has 296 valence electrons. The van der Waals surface area contributed by atoms with Crippen molar-refractivity contribution in [1.82, 2.24) is 0 Å². The summed E-state index contributed by atoms with van der Waals surface area (Å²) in [6.07, 6.45) is 0. The maximum atomic E-state index is 6.46. The van der Waals surface area contributed by atoms with Crippen LogP contribution in [0.1, 0.15) is 0 Å². The molecule has 0 saturated carbocycles. The van der Waals surface area contributed by atoms with Crippen LogP contribution in [0, 0.1) is 0 Å². The van der Waals surface area contributed by atoms with Gasteiger partial charge in [-0.15, -0.1) is 0 Å². The minimum atomic E-state index is 0.135. The molecule has 0 aliphatic rings. The van der Waals surface area contributed by atoms with Crippen molar-refractivity contribution in [2.75, 3.05) is 0 Å². The van der Waals surface area contributed by atoms with E-state index in [2.05, 4.69) is 218 Å². The number of benzene rings is 12. The molecule has 14 aromatic rings. The molecule has 0 aliphatic carbocycles. The first-order valence-corrected chi connectivity index (χ1v) is 23.7. The second-order valence-electron chi connectivity index (χ2n) is 17.1. The topological polar surface area (TPSA) is 13.1 Å². The Labute approximate surface area is 374 Å². The van der Waals surface area contributed by atoms with E-state index in [0.717, 1.165) is 21.9 Å². The number of hydrogen-bond donors (Lipinski definition) is 0. The molecular weight excluding hydrogens is 840 g/mol. The molecule has 0 fully saturated rings. The summed E-state index contributed by atoms with van der Waals surface area (Å²) in [4.78, 5) is 0. The summed E-state index contributed by atoms with van der Waals surface area (Å²) < 4.78 is 9.36. The number of fused-ring (bicyclic) bond motifs is 11. The average Bonchev–Trinajstić information content (AvgIpc) is 3.91. The molecule has 64 heavy (non-hydrogen) atoms. The second kappa shape index (κ2) is 13.9. The summed E-state index contributed by atoms with van der Waals surface area (Å²) in [5.74, 6) is 0. The van der Waals surface area contributed by atoms with E-state index in [4.69, 9.17) is 4.42 Å². The van der Waals surface area contributed by atoms with Crippen molar-refractivity contribution in [2.24, 2.45) is 0 Å². The van der Waals surface area contributed by atoms with Crippen LogP contribution in [-0.4, -0.2) is 14.5 Å². The van der Waals surface area contributed by atoms with Crippen LogP contribution >= 0.6 is 0 Å². The SMILES string of the molecule is c1ccc(-c2c3ccccc3c(-c3cccc4c3[se]c3ccc(-c5c6ccccc6c(-c6ccc7oc8cc9ccccc9cc8c7c6)c6ccccc56)cc34)c3ccccc23)cc1. The van der Waals surface area contributed by atoms with Gasteiger partial charge in [-0.05, 0) is 22.9 Å². The summed E-state index contributed by atoms with van der Waals surface area (Å²) in [7, 11) is 0. The third-order valence-electron chi connectivity index (χ3n) is 13.6. The monoisotopic (exact) mass is 876 g/mol. The quantitative estimate of drug-likeness (QED) is 0.127. The van der Waals surface area contributed by atoms with Crippen molar-refractivity contribution < 1.29 is 4.42 Å². The molecule has 2 heteroatoms. The Bertz CT molecular complexity index is 4130. The summed E-state index contributed by atoms with van der Waals surface area (Å²) in [6.45, 7) is 0. The first kappa shape index (κ1) is 35.8. The van der Waals surface area contributed by atoms with Crippen molar-refractivity contribution >= 4 is 110 Å². The van der Waals surface area contributed by atoms with E-state index in [1.54, 1.807) is 0 Å². The van der Waals surface area contributed by atoms with Gasteiger partial charge in [0.15, 0.2) is 0 Å². The fourth-order valence-corrected chi connectivity index (χ4v) is 13.4. The van der Waals surface area contributed by atoms with Gasteiger partial charge in [0.05, 0.1) is 0 Å². The molecule has 12 aromatic carbocycles. The van der Waals surface area contributed by atoms with Crippen LogP contribution in [0.2, 0.25) is 0 Å². The molecule has 0 spiro atoms. The third-order valence-corrected chi connectivity index (χ3v) is 16.2. The molecule has 0 atom stereocenters. The van der Waals surface area contributed by atoms with Crippen LogP contribution < -0.4 is 0 Å². The van der Waals surface area contributed by atoms with Gasteiger partial charge in [-0.25, -0.2) is 0 Å². The van der Waals surface area contributed by atoms with Crippen LogP contribution in [0.25, 0.3) is 140 Å². The normalized spacial score (nSPS) is 12.1. The molecule has 2 heterocycles. The van der Waals surface area contributed by atoms with Crippen LogP contribution in [0.15, 0.2) is 223 Å². The molecule has 0 saturated heterocycles. The van der Waals surface area contributed by atoms with Crippen molar-refractivity contribution in [1.29, 1.82) is 0 Å². The van der Waals surface area contributed by atoms with Crippen molar-refractivity contribution in [2.45, 2.75) is 0 Å². The molecule has 0 N–H and O–H groups in total. The Kier molecular flexibility index (Phi) is 7.77. The van der Waals surface area contributed by atoms with Gasteiger partial charge in [0.25, 0.3) is 0 Å². The summed E-state index contributed by atoms with van der Waals surface area (Å²) in [6, 6.07) is 81.0. The molecule has 1 nitrogen and oxygen atoms in total. The molecule has 0 radical (unpaired) electrons. The summed E-state index contributed by atoms with van der Waals surface area (Å²) in [5, 5.41) is 17.6. The summed E-state index contributed by atoms with van der Waals surface area (Å²) >= 11 is 0.135. The van der Waals surface area contributed by atoms with E-state index in [0.29, 0.717) is 0 Å². The Hall–Kier alpha value is -7.74. The standard InChI is InChI=1S/C62H36OSe/c1-2-15-37(16-3-1)58-46-23-10-12-25-48(46)61(49-26-13-11-24-47(49)58)51-28-14-27-50-54-35-41(30-32-57(54)64-62(50)51)60-44-21-8-6-19-42(44)59(43-20-7-9-22-45(43)60)40-29-31-55-52(34-40)53-33-38-17-4-5-18-39(38)36-56(53)63-55/h1-36H. The Balaban J connectivity index is 0.981. The molecule has 0 aliphatic heterocycles. The molecule has 0 amide bonds. The molecule has 0 bridgehead atoms. The second-order valence-corrected chi connectivity index (χ2v) is 19.3. The third kappa shape index (κ3) is 5.25. The van der Waals surface area contributed by atoms with Gasteiger partial charge >= 0.3 is 320 Å². The van der Waals surface area contributed by atoms with Crippen LogP contribution in [0.5, 0.6) is 0 Å². The first-order valence-electron chi connectivity index (χ1n) is 22.0. The maximum absolute atomic E-state index is 6.46. The van der Waals surface area contributed by atoms with Crippen LogP contribution in [-0.2, 0) is 0 Å². The van der Waals surface area contributed by atoms with E-state index in [9.17, 15) is 0 Å². The Morgan fingerprint density at radius 2 is 0.719 bits per heavy atom. The van der Waals surface area contributed by atoms with Crippen molar-refractivity contribution in [3.8, 4) is 44.5 Å². The molecular formula is C62H36OSe. The van der Waals surface area contributed by atoms with Crippen molar-refractivity contribution in [3.63, 3.8) is 0 Å². The predicted octanol–water partition coefficient (Wildman–Crippen LogP) is 17.4. The fraction of sp³-hybridized carbons (Fsp3) is 0. The van der Waals surface area contributed by atoms with E-state index < -0.39 is 0 Å². The van der Waals surface area contributed by atoms with Gasteiger partial charge in [0, 0.05) is 0 Å². The first-order chi connectivity index (χ1) is 31.7. The van der Waals surface area contributed by atoms with Gasteiger partial charge in [0.1, 0.15) is 5.58 Å². The van der Waals surface area contributed by atoms with Crippen LogP contribution in [0.4, 0.5) is 0 Å². The zero-order valence-corrected chi connectivity index (χ0v) is 36.3. The van der Waals surface area contributed by atoms with Gasteiger partial charge in [-0.3, -0.25) is 0 Å². The Morgan fingerprint density at radius 3 is 1.31 bits per heavy atom. The number of hydrogen-bond acceptors (Lipinski definition) is 1. The molecule has 0 unspecified atom stereocenters. The molecule has 2 aromatic heterocycles. The zero-order chi connectivity index (χ0) is 41.9. The van der Waals surface area contributed by atoms with Crippen LogP contribution in [0.3, 0.4) is 0 Å². The van der Waals surface area contributed by atoms with E-state index >= 15 is 0 Å². The van der Waals surface area contributed by atoms with Gasteiger partial charge in [-0.1, -0.05) is 24.3 Å². The molecule has 14 rings (SSSR count). The van der Waals surface area contributed by atoms with Gasteiger partial charge < -0.3 is 4.42 Å². The average molecular weight is 876 g/mol. The zero-order valence-electron chi connectivity index (χ0n) is 34.6. The Morgan fingerprint density at radius 1 is 0.266 bits per heavy atom. The van der Waals surface area contributed by atoms with Crippen molar-refractivity contribution in [3.05, 3.63) is 218 Å². The van der Waals surface area contributed by atoms with Gasteiger partial charge in [0.2, 0.25) is 0 Å².